The SMILES string of the molecule is CCN1CCC(c2ccc(Nc3nc(NC4CCCCC4)c4[nH]cnc4n3)c(OC)c2)CC1. The van der Waals surface area contributed by atoms with Gasteiger partial charge in [-0.2, -0.15) is 9.97 Å². The molecule has 0 bridgehead atoms. The molecule has 0 unspecified atom stereocenters. The first-order chi connectivity index (χ1) is 16.2. The van der Waals surface area contributed by atoms with Crippen LogP contribution in [-0.4, -0.2) is 57.6 Å². The third-order valence-electron chi connectivity index (χ3n) is 7.21. The maximum absolute atomic E-state index is 5.75. The molecule has 8 heteroatoms. The number of aromatic nitrogens is 4. The predicted molar refractivity (Wildman–Crippen MR) is 133 cm³/mol. The highest BCUT2D eigenvalue weighted by Gasteiger charge is 2.21. The summed E-state index contributed by atoms with van der Waals surface area (Å²) in [7, 11) is 1.72. The van der Waals surface area contributed by atoms with Gasteiger partial charge in [-0.1, -0.05) is 32.3 Å². The van der Waals surface area contributed by atoms with Crippen LogP contribution in [0.15, 0.2) is 24.5 Å². The second-order valence-electron chi connectivity index (χ2n) is 9.27. The average molecular weight is 450 g/mol. The Bertz CT molecular complexity index is 1070. The van der Waals surface area contributed by atoms with Crippen molar-refractivity contribution in [1.82, 2.24) is 24.8 Å². The van der Waals surface area contributed by atoms with Crippen molar-refractivity contribution >= 4 is 28.6 Å². The van der Waals surface area contributed by atoms with E-state index in [9.17, 15) is 0 Å². The molecular weight excluding hydrogens is 414 g/mol. The molecule has 1 saturated heterocycles. The van der Waals surface area contributed by atoms with Crippen LogP contribution in [0.1, 0.15) is 63.4 Å². The standard InChI is InChI=1S/C25H35N7O/c1-3-32-13-11-17(12-14-32)18-9-10-20(21(15-18)33-2)29-25-30-23-22(26-16-27-23)24(31-25)28-19-7-5-4-6-8-19/h9-10,15-17,19H,3-8,11-14H2,1-2H3,(H3,26,27,28,29,30,31). The van der Waals surface area contributed by atoms with Gasteiger partial charge in [-0.3, -0.25) is 0 Å². The van der Waals surface area contributed by atoms with Crippen LogP contribution in [0.5, 0.6) is 5.75 Å². The first-order valence-corrected chi connectivity index (χ1v) is 12.4. The minimum atomic E-state index is 0.445. The van der Waals surface area contributed by atoms with Crippen molar-refractivity contribution in [1.29, 1.82) is 0 Å². The first-order valence-electron chi connectivity index (χ1n) is 12.4. The van der Waals surface area contributed by atoms with E-state index in [2.05, 4.69) is 55.6 Å². The number of benzene rings is 1. The number of rotatable bonds is 7. The molecule has 2 aromatic heterocycles. The van der Waals surface area contributed by atoms with E-state index >= 15 is 0 Å². The van der Waals surface area contributed by atoms with Crippen molar-refractivity contribution < 1.29 is 4.74 Å². The Morgan fingerprint density at radius 1 is 1.09 bits per heavy atom. The smallest absolute Gasteiger partial charge is 0.231 e. The molecule has 33 heavy (non-hydrogen) atoms. The molecule has 1 saturated carbocycles. The lowest BCUT2D eigenvalue weighted by atomic mass is 9.89. The van der Waals surface area contributed by atoms with E-state index in [1.807, 2.05) is 0 Å². The maximum atomic E-state index is 5.75. The number of hydrogen-bond acceptors (Lipinski definition) is 7. The molecule has 2 fully saturated rings. The number of methoxy groups -OCH3 is 1. The van der Waals surface area contributed by atoms with Crippen molar-refractivity contribution in [2.45, 2.75) is 63.8 Å². The zero-order chi connectivity index (χ0) is 22.6. The largest absolute Gasteiger partial charge is 0.495 e. The van der Waals surface area contributed by atoms with Crippen molar-refractivity contribution in [3.8, 4) is 5.75 Å². The molecule has 1 aliphatic heterocycles. The number of ether oxygens (including phenoxy) is 1. The number of hydrogen-bond donors (Lipinski definition) is 3. The molecule has 3 heterocycles. The number of likely N-dealkylation sites (tertiary alicyclic amines) is 1. The Hall–Kier alpha value is -2.87. The Balaban J connectivity index is 1.36. The fourth-order valence-corrected chi connectivity index (χ4v) is 5.20. The Labute approximate surface area is 195 Å². The van der Waals surface area contributed by atoms with Crippen molar-refractivity contribution in [3.05, 3.63) is 30.1 Å². The molecule has 2 aliphatic rings. The van der Waals surface area contributed by atoms with Crippen LogP contribution in [0.2, 0.25) is 0 Å². The minimum Gasteiger partial charge on any atom is -0.495 e. The molecule has 0 amide bonds. The number of nitrogens with zero attached hydrogens (tertiary/aromatic N) is 4. The molecule has 176 valence electrons. The third kappa shape index (κ3) is 4.90. The number of nitrogens with one attached hydrogen (secondary N) is 3. The number of fused-ring (bicyclic) bond motifs is 1. The summed E-state index contributed by atoms with van der Waals surface area (Å²) in [6, 6.07) is 6.92. The van der Waals surface area contributed by atoms with E-state index in [4.69, 9.17) is 9.72 Å². The second-order valence-corrected chi connectivity index (χ2v) is 9.27. The lowest BCUT2D eigenvalue weighted by Gasteiger charge is -2.31. The third-order valence-corrected chi connectivity index (χ3v) is 7.21. The van der Waals surface area contributed by atoms with Gasteiger partial charge < -0.3 is 25.3 Å². The Kier molecular flexibility index (Phi) is 6.62. The van der Waals surface area contributed by atoms with E-state index in [1.54, 1.807) is 13.4 Å². The molecule has 3 N–H and O–H groups in total. The van der Waals surface area contributed by atoms with Gasteiger partial charge in [-0.15, -0.1) is 0 Å². The molecule has 0 radical (unpaired) electrons. The quantitative estimate of drug-likeness (QED) is 0.465. The Morgan fingerprint density at radius 3 is 2.67 bits per heavy atom. The lowest BCUT2D eigenvalue weighted by molar-refractivity contribution is 0.222. The van der Waals surface area contributed by atoms with E-state index < -0.39 is 0 Å². The van der Waals surface area contributed by atoms with Crippen LogP contribution < -0.4 is 15.4 Å². The summed E-state index contributed by atoms with van der Waals surface area (Å²) in [5.74, 6) is 2.73. The molecule has 0 atom stereocenters. The molecule has 0 spiro atoms. The van der Waals surface area contributed by atoms with Gasteiger partial charge in [0.15, 0.2) is 11.5 Å². The summed E-state index contributed by atoms with van der Waals surface area (Å²) in [5, 5.41) is 7.01. The van der Waals surface area contributed by atoms with Crippen LogP contribution >= 0.6 is 0 Å². The zero-order valence-corrected chi connectivity index (χ0v) is 19.7. The molecular formula is C25H35N7O. The summed E-state index contributed by atoms with van der Waals surface area (Å²) in [4.78, 5) is 19.5. The van der Waals surface area contributed by atoms with Crippen LogP contribution in [0.25, 0.3) is 11.2 Å². The normalized spacial score (nSPS) is 18.5. The van der Waals surface area contributed by atoms with Gasteiger partial charge in [0, 0.05) is 6.04 Å². The zero-order valence-electron chi connectivity index (χ0n) is 19.7. The fourth-order valence-electron chi connectivity index (χ4n) is 5.20. The van der Waals surface area contributed by atoms with Crippen LogP contribution in [0.4, 0.5) is 17.5 Å². The van der Waals surface area contributed by atoms with E-state index in [-0.39, 0.29) is 0 Å². The van der Waals surface area contributed by atoms with E-state index in [0.717, 1.165) is 42.4 Å². The molecule has 3 aromatic rings. The topological polar surface area (TPSA) is 91.0 Å². The summed E-state index contributed by atoms with van der Waals surface area (Å²) in [6.07, 6.45) is 10.3. The van der Waals surface area contributed by atoms with Gasteiger partial charge in [0.25, 0.3) is 0 Å². The summed E-state index contributed by atoms with van der Waals surface area (Å²) >= 11 is 0. The second kappa shape index (κ2) is 9.95. The average Bonchev–Trinajstić information content (AvgIpc) is 3.34. The maximum Gasteiger partial charge on any atom is 0.231 e. The number of anilines is 3. The number of aromatic amines is 1. The van der Waals surface area contributed by atoms with Crippen LogP contribution in [-0.2, 0) is 0 Å². The van der Waals surface area contributed by atoms with Crippen LogP contribution in [0, 0.1) is 0 Å². The van der Waals surface area contributed by atoms with Gasteiger partial charge in [0.05, 0.1) is 19.1 Å². The fraction of sp³-hybridized carbons (Fsp3) is 0.560. The molecule has 8 nitrogen and oxygen atoms in total. The van der Waals surface area contributed by atoms with Gasteiger partial charge in [-0.05, 0) is 68.9 Å². The molecule has 1 aromatic carbocycles. The summed E-state index contributed by atoms with van der Waals surface area (Å²) in [5.41, 5.74) is 3.72. The summed E-state index contributed by atoms with van der Waals surface area (Å²) < 4.78 is 5.75. The number of piperidine rings is 1. The number of H-pyrrole nitrogens is 1. The van der Waals surface area contributed by atoms with Gasteiger partial charge >= 0.3 is 0 Å². The predicted octanol–water partition coefficient (Wildman–Crippen LogP) is 5.05. The molecule has 5 rings (SSSR count). The van der Waals surface area contributed by atoms with Crippen LogP contribution in [0.3, 0.4) is 0 Å². The van der Waals surface area contributed by atoms with E-state index in [0.29, 0.717) is 23.6 Å². The highest BCUT2D eigenvalue weighted by Crippen LogP contribution is 2.35. The monoisotopic (exact) mass is 449 g/mol. The number of imidazole rings is 1. The molecule has 1 aliphatic carbocycles. The summed E-state index contributed by atoms with van der Waals surface area (Å²) in [6.45, 7) is 5.70. The van der Waals surface area contributed by atoms with Gasteiger partial charge in [-0.25, -0.2) is 4.98 Å². The highest BCUT2D eigenvalue weighted by atomic mass is 16.5. The van der Waals surface area contributed by atoms with Crippen molar-refractivity contribution in [2.24, 2.45) is 0 Å². The van der Waals surface area contributed by atoms with Gasteiger partial charge in [0.2, 0.25) is 5.95 Å². The Morgan fingerprint density at radius 2 is 1.91 bits per heavy atom. The minimum absolute atomic E-state index is 0.445. The lowest BCUT2D eigenvalue weighted by Crippen LogP contribution is -2.32. The highest BCUT2D eigenvalue weighted by molar-refractivity contribution is 5.84. The van der Waals surface area contributed by atoms with Gasteiger partial charge in [0.1, 0.15) is 11.3 Å². The van der Waals surface area contributed by atoms with Crippen molar-refractivity contribution in [2.75, 3.05) is 37.4 Å². The van der Waals surface area contributed by atoms with E-state index in [1.165, 1.54) is 50.5 Å². The van der Waals surface area contributed by atoms with Crippen molar-refractivity contribution in [3.63, 3.8) is 0 Å². The first kappa shape index (κ1) is 21.9.